The fraction of sp³-hybridized carbons (Fsp3) is 0.235. The van der Waals surface area contributed by atoms with Crippen LogP contribution in [0.2, 0.25) is 0 Å². The van der Waals surface area contributed by atoms with Crippen molar-refractivity contribution < 1.29 is 15.0 Å². The third kappa shape index (κ3) is 3.54. The second kappa shape index (κ2) is 6.31. The minimum absolute atomic E-state index is 0.0445. The number of likely N-dealkylation sites (N-methyl/N-ethyl adjacent to an activating group) is 1. The number of anilines is 1. The SMILES string of the molecule is CCN(C(=O)Cc1ccc(O)cc1)c1cc(O)ccc1C. The minimum atomic E-state index is -0.0445. The quantitative estimate of drug-likeness (QED) is 0.907. The fourth-order valence-corrected chi connectivity index (χ4v) is 2.25. The van der Waals surface area contributed by atoms with Crippen molar-refractivity contribution in [2.75, 3.05) is 11.4 Å². The van der Waals surface area contributed by atoms with Crippen molar-refractivity contribution in [1.29, 1.82) is 0 Å². The van der Waals surface area contributed by atoms with Gasteiger partial charge in [0.05, 0.1) is 12.1 Å². The summed E-state index contributed by atoms with van der Waals surface area (Å²) in [7, 11) is 0. The highest BCUT2D eigenvalue weighted by Gasteiger charge is 2.16. The van der Waals surface area contributed by atoms with Gasteiger partial charge in [-0.05, 0) is 43.2 Å². The molecule has 2 rings (SSSR count). The first-order valence-electron chi connectivity index (χ1n) is 6.89. The van der Waals surface area contributed by atoms with E-state index >= 15 is 0 Å². The summed E-state index contributed by atoms with van der Waals surface area (Å²) < 4.78 is 0. The van der Waals surface area contributed by atoms with E-state index in [1.54, 1.807) is 47.4 Å². The van der Waals surface area contributed by atoms with Gasteiger partial charge in [0.15, 0.2) is 0 Å². The predicted molar refractivity (Wildman–Crippen MR) is 82.7 cm³/mol. The molecule has 0 bridgehead atoms. The Kier molecular flexibility index (Phi) is 4.48. The van der Waals surface area contributed by atoms with Gasteiger partial charge in [-0.1, -0.05) is 18.2 Å². The smallest absolute Gasteiger partial charge is 0.231 e. The number of amides is 1. The maximum Gasteiger partial charge on any atom is 0.231 e. The Morgan fingerprint density at radius 2 is 1.67 bits per heavy atom. The second-order valence-corrected chi connectivity index (χ2v) is 4.95. The summed E-state index contributed by atoms with van der Waals surface area (Å²) >= 11 is 0. The van der Waals surface area contributed by atoms with Crippen LogP contribution in [0.15, 0.2) is 42.5 Å². The number of benzene rings is 2. The Hall–Kier alpha value is -2.49. The van der Waals surface area contributed by atoms with E-state index in [1.807, 2.05) is 13.8 Å². The maximum absolute atomic E-state index is 12.5. The monoisotopic (exact) mass is 285 g/mol. The fourth-order valence-electron chi connectivity index (χ4n) is 2.25. The molecule has 0 aliphatic carbocycles. The standard InChI is InChI=1S/C17H19NO3/c1-3-18(16-11-15(20)7-4-12(16)2)17(21)10-13-5-8-14(19)9-6-13/h4-9,11,19-20H,3,10H2,1-2H3. The molecule has 0 aliphatic heterocycles. The van der Waals surface area contributed by atoms with Crippen LogP contribution >= 0.6 is 0 Å². The Bertz CT molecular complexity index is 635. The minimum Gasteiger partial charge on any atom is -0.508 e. The summed E-state index contributed by atoms with van der Waals surface area (Å²) in [6, 6.07) is 11.6. The molecular weight excluding hydrogens is 266 g/mol. The van der Waals surface area contributed by atoms with E-state index < -0.39 is 0 Å². The number of carbonyl (C=O) groups excluding carboxylic acids is 1. The molecule has 2 aromatic rings. The number of hydrogen-bond acceptors (Lipinski definition) is 3. The van der Waals surface area contributed by atoms with Gasteiger partial charge in [0.1, 0.15) is 11.5 Å². The lowest BCUT2D eigenvalue weighted by Gasteiger charge is -2.23. The van der Waals surface area contributed by atoms with Crippen LogP contribution in [0.5, 0.6) is 11.5 Å². The molecule has 21 heavy (non-hydrogen) atoms. The van der Waals surface area contributed by atoms with Crippen LogP contribution in [0.1, 0.15) is 18.1 Å². The second-order valence-electron chi connectivity index (χ2n) is 4.95. The molecule has 0 fully saturated rings. The van der Waals surface area contributed by atoms with E-state index in [9.17, 15) is 15.0 Å². The first kappa shape index (κ1) is 14.9. The van der Waals surface area contributed by atoms with E-state index in [0.717, 1.165) is 16.8 Å². The van der Waals surface area contributed by atoms with E-state index in [0.29, 0.717) is 6.54 Å². The molecule has 0 unspecified atom stereocenters. The number of carbonyl (C=O) groups is 1. The summed E-state index contributed by atoms with van der Waals surface area (Å²) in [5, 5.41) is 18.9. The number of aromatic hydroxyl groups is 2. The van der Waals surface area contributed by atoms with E-state index in [2.05, 4.69) is 0 Å². The average molecular weight is 285 g/mol. The molecule has 0 spiro atoms. The number of hydrogen-bond donors (Lipinski definition) is 2. The van der Waals surface area contributed by atoms with Crippen molar-refractivity contribution in [3.63, 3.8) is 0 Å². The topological polar surface area (TPSA) is 60.8 Å². The zero-order valence-electron chi connectivity index (χ0n) is 12.2. The molecule has 4 nitrogen and oxygen atoms in total. The van der Waals surface area contributed by atoms with Crippen LogP contribution in [0.3, 0.4) is 0 Å². The van der Waals surface area contributed by atoms with Crippen LogP contribution in [0, 0.1) is 6.92 Å². The highest BCUT2D eigenvalue weighted by molar-refractivity contribution is 5.95. The summed E-state index contributed by atoms with van der Waals surface area (Å²) in [6.07, 6.45) is 0.253. The number of nitrogens with zero attached hydrogens (tertiary/aromatic N) is 1. The van der Waals surface area contributed by atoms with Crippen molar-refractivity contribution in [2.24, 2.45) is 0 Å². The summed E-state index contributed by atoms with van der Waals surface area (Å²) in [4.78, 5) is 14.1. The van der Waals surface area contributed by atoms with Crippen LogP contribution in [0.25, 0.3) is 0 Å². The summed E-state index contributed by atoms with van der Waals surface area (Å²) in [6.45, 7) is 4.34. The first-order valence-corrected chi connectivity index (χ1v) is 6.89. The van der Waals surface area contributed by atoms with E-state index in [1.165, 1.54) is 0 Å². The number of phenolic OH excluding ortho intramolecular Hbond substituents is 2. The van der Waals surface area contributed by atoms with Gasteiger partial charge in [-0.25, -0.2) is 0 Å². The predicted octanol–water partition coefficient (Wildman–Crippen LogP) is 3.00. The molecule has 0 aromatic heterocycles. The van der Waals surface area contributed by atoms with Crippen LogP contribution < -0.4 is 4.90 Å². The molecule has 0 atom stereocenters. The molecule has 0 saturated heterocycles. The Balaban J connectivity index is 2.22. The van der Waals surface area contributed by atoms with Gasteiger partial charge in [-0.3, -0.25) is 4.79 Å². The Morgan fingerprint density at radius 1 is 1.05 bits per heavy atom. The molecule has 2 N–H and O–H groups in total. The lowest BCUT2D eigenvalue weighted by atomic mass is 10.1. The lowest BCUT2D eigenvalue weighted by molar-refractivity contribution is -0.117. The normalized spacial score (nSPS) is 10.4. The third-order valence-electron chi connectivity index (χ3n) is 3.39. The van der Waals surface area contributed by atoms with Crippen molar-refractivity contribution in [3.05, 3.63) is 53.6 Å². The number of aryl methyl sites for hydroxylation is 1. The summed E-state index contributed by atoms with van der Waals surface area (Å²) in [5.41, 5.74) is 2.50. The highest BCUT2D eigenvalue weighted by Crippen LogP contribution is 2.25. The number of rotatable bonds is 4. The molecule has 4 heteroatoms. The van der Waals surface area contributed by atoms with Gasteiger partial charge in [0.25, 0.3) is 0 Å². The van der Waals surface area contributed by atoms with Crippen LogP contribution in [-0.4, -0.2) is 22.7 Å². The van der Waals surface area contributed by atoms with Gasteiger partial charge >= 0.3 is 0 Å². The van der Waals surface area contributed by atoms with Gasteiger partial charge in [-0.2, -0.15) is 0 Å². The third-order valence-corrected chi connectivity index (χ3v) is 3.39. The van der Waals surface area contributed by atoms with E-state index in [4.69, 9.17) is 0 Å². The zero-order chi connectivity index (χ0) is 15.4. The van der Waals surface area contributed by atoms with Gasteiger partial charge in [0.2, 0.25) is 5.91 Å². The summed E-state index contributed by atoms with van der Waals surface area (Å²) in [5.74, 6) is 0.283. The van der Waals surface area contributed by atoms with E-state index in [-0.39, 0.29) is 23.8 Å². The molecule has 0 aliphatic rings. The lowest BCUT2D eigenvalue weighted by Crippen LogP contribution is -2.32. The van der Waals surface area contributed by atoms with Gasteiger partial charge < -0.3 is 15.1 Å². The Labute approximate surface area is 124 Å². The van der Waals surface area contributed by atoms with Crippen molar-refractivity contribution >= 4 is 11.6 Å². The molecule has 0 saturated carbocycles. The van der Waals surface area contributed by atoms with Crippen LogP contribution in [-0.2, 0) is 11.2 Å². The average Bonchev–Trinajstić information content (AvgIpc) is 2.46. The largest absolute Gasteiger partial charge is 0.508 e. The molecule has 1 amide bonds. The zero-order valence-corrected chi connectivity index (χ0v) is 12.2. The van der Waals surface area contributed by atoms with Crippen LogP contribution in [0.4, 0.5) is 5.69 Å². The molecule has 110 valence electrons. The van der Waals surface area contributed by atoms with Gasteiger partial charge in [-0.15, -0.1) is 0 Å². The first-order chi connectivity index (χ1) is 10.0. The molecule has 2 aromatic carbocycles. The van der Waals surface area contributed by atoms with Crippen molar-refractivity contribution in [2.45, 2.75) is 20.3 Å². The molecular formula is C17H19NO3. The highest BCUT2D eigenvalue weighted by atomic mass is 16.3. The molecule has 0 radical (unpaired) electrons. The number of phenols is 2. The van der Waals surface area contributed by atoms with Crippen molar-refractivity contribution in [1.82, 2.24) is 0 Å². The van der Waals surface area contributed by atoms with Crippen molar-refractivity contribution in [3.8, 4) is 11.5 Å². The maximum atomic E-state index is 12.5. The Morgan fingerprint density at radius 3 is 2.29 bits per heavy atom. The molecule has 0 heterocycles. The van der Waals surface area contributed by atoms with Gasteiger partial charge in [0, 0.05) is 12.6 Å².